The number of ether oxygens (including phenoxy) is 3. The maximum Gasteiger partial charge on any atom is 0.410 e. The van der Waals surface area contributed by atoms with Crippen molar-refractivity contribution in [2.45, 2.75) is 78.2 Å². The minimum absolute atomic E-state index is 0.00699. The second-order valence-electron chi connectivity index (χ2n) is 13.0. The summed E-state index contributed by atoms with van der Waals surface area (Å²) in [4.78, 5) is 29.4. The lowest BCUT2D eigenvalue weighted by Gasteiger charge is -2.26. The maximum atomic E-state index is 13.9. The van der Waals surface area contributed by atoms with Gasteiger partial charge in [0.15, 0.2) is 11.5 Å². The molecule has 2 fully saturated rings. The second kappa shape index (κ2) is 11.0. The first-order valence-electron chi connectivity index (χ1n) is 14.9. The van der Waals surface area contributed by atoms with Gasteiger partial charge in [0.05, 0.1) is 18.9 Å². The summed E-state index contributed by atoms with van der Waals surface area (Å²) < 4.78 is 19.6. The van der Waals surface area contributed by atoms with Crippen LogP contribution in [-0.4, -0.2) is 59.4 Å². The van der Waals surface area contributed by atoms with Gasteiger partial charge in [-0.05, 0) is 101 Å². The largest absolute Gasteiger partial charge is 0.493 e. The van der Waals surface area contributed by atoms with Crippen LogP contribution < -0.4 is 14.8 Å². The van der Waals surface area contributed by atoms with Crippen molar-refractivity contribution in [2.75, 3.05) is 20.2 Å². The van der Waals surface area contributed by atoms with Gasteiger partial charge in [-0.15, -0.1) is 11.3 Å². The number of carbonyl (C=O) groups excluding carboxylic acids is 2. The van der Waals surface area contributed by atoms with E-state index >= 15 is 0 Å². The topological polar surface area (TPSA) is 82.0 Å². The predicted molar refractivity (Wildman–Crippen MR) is 164 cm³/mol. The third-order valence-corrected chi connectivity index (χ3v) is 9.37. The number of thiophene rings is 1. The van der Waals surface area contributed by atoms with Crippen molar-refractivity contribution in [1.82, 2.24) is 14.8 Å². The normalized spacial score (nSPS) is 21.1. The highest BCUT2D eigenvalue weighted by molar-refractivity contribution is 7.13. The van der Waals surface area contributed by atoms with Gasteiger partial charge in [0.2, 0.25) is 0 Å². The number of amides is 2. The zero-order valence-electron chi connectivity index (χ0n) is 25.4. The number of hydrogen-bond donors (Lipinski definition) is 1. The van der Waals surface area contributed by atoms with E-state index in [-0.39, 0.29) is 24.1 Å². The van der Waals surface area contributed by atoms with Gasteiger partial charge in [0.25, 0.3) is 5.91 Å². The van der Waals surface area contributed by atoms with Gasteiger partial charge in [-0.25, -0.2) is 4.79 Å². The standard InChI is InChI=1S/C33H41N3O5S/c1-19(2)40-28-16-24-20(14-27(28)39-6)9-10-36-26(15-25(30(24)36)29-8-7-11-42-29)31(37)34-23-12-21-17-35(18-22(21)13-23)32(38)41-33(3,4)5/h7-8,11,14-16,19,21-23H,9-10,12-13,17-18H2,1-6H3,(H,34,37). The highest BCUT2D eigenvalue weighted by atomic mass is 32.1. The van der Waals surface area contributed by atoms with E-state index < -0.39 is 5.60 Å². The summed E-state index contributed by atoms with van der Waals surface area (Å²) in [6.45, 7) is 11.8. The number of nitrogens with one attached hydrogen (secondary N) is 1. The first kappa shape index (κ1) is 28.6. The summed E-state index contributed by atoms with van der Waals surface area (Å²) in [5.74, 6) is 2.17. The van der Waals surface area contributed by atoms with E-state index in [0.717, 1.165) is 46.7 Å². The van der Waals surface area contributed by atoms with Gasteiger partial charge in [-0.3, -0.25) is 4.79 Å². The molecule has 6 rings (SSSR count). The van der Waals surface area contributed by atoms with Crippen molar-refractivity contribution < 1.29 is 23.8 Å². The Balaban J connectivity index is 1.25. The van der Waals surface area contributed by atoms with E-state index in [0.29, 0.717) is 42.9 Å². The van der Waals surface area contributed by atoms with Gasteiger partial charge >= 0.3 is 6.09 Å². The van der Waals surface area contributed by atoms with E-state index in [2.05, 4.69) is 39.5 Å². The Morgan fingerprint density at radius 2 is 1.79 bits per heavy atom. The molecule has 1 saturated carbocycles. The molecule has 1 aromatic carbocycles. The number of aryl methyl sites for hydroxylation is 1. The van der Waals surface area contributed by atoms with E-state index in [1.54, 1.807) is 18.4 Å². The number of carbonyl (C=O) groups is 2. The van der Waals surface area contributed by atoms with Crippen LogP contribution in [0.15, 0.2) is 35.7 Å². The highest BCUT2D eigenvalue weighted by Crippen LogP contribution is 2.45. The molecule has 1 aliphatic carbocycles. The van der Waals surface area contributed by atoms with Crippen LogP contribution in [0.2, 0.25) is 0 Å². The molecule has 8 nitrogen and oxygen atoms in total. The number of methoxy groups -OCH3 is 1. The molecule has 42 heavy (non-hydrogen) atoms. The number of fused-ring (bicyclic) bond motifs is 4. The van der Waals surface area contributed by atoms with Crippen LogP contribution in [0.3, 0.4) is 0 Å². The molecule has 0 bridgehead atoms. The van der Waals surface area contributed by atoms with Gasteiger partial charge in [0, 0.05) is 41.7 Å². The number of rotatable bonds is 6. The third kappa shape index (κ3) is 5.51. The quantitative estimate of drug-likeness (QED) is 0.349. The van der Waals surface area contributed by atoms with Gasteiger partial charge < -0.3 is 29.0 Å². The summed E-state index contributed by atoms with van der Waals surface area (Å²) in [5.41, 5.74) is 4.58. The summed E-state index contributed by atoms with van der Waals surface area (Å²) >= 11 is 1.68. The molecule has 2 atom stereocenters. The first-order valence-corrected chi connectivity index (χ1v) is 15.8. The Bertz CT molecular complexity index is 1470. The molecule has 2 unspecified atom stereocenters. The molecule has 0 spiro atoms. The molecule has 3 aliphatic rings. The van der Waals surface area contributed by atoms with E-state index in [9.17, 15) is 9.59 Å². The molecular weight excluding hydrogens is 550 g/mol. The smallest absolute Gasteiger partial charge is 0.410 e. The molecule has 1 N–H and O–H groups in total. The lowest BCUT2D eigenvalue weighted by molar-refractivity contribution is 0.0278. The molecular formula is C33H41N3O5S. The van der Waals surface area contributed by atoms with Crippen LogP contribution in [0.25, 0.3) is 21.7 Å². The second-order valence-corrected chi connectivity index (χ2v) is 14.0. The van der Waals surface area contributed by atoms with E-state index in [1.807, 2.05) is 45.6 Å². The van der Waals surface area contributed by atoms with Crippen LogP contribution in [0.5, 0.6) is 11.5 Å². The Hall–Kier alpha value is -3.46. The molecule has 2 amide bonds. The number of likely N-dealkylation sites (tertiary alicyclic amines) is 1. The summed E-state index contributed by atoms with van der Waals surface area (Å²) in [7, 11) is 1.67. The van der Waals surface area contributed by atoms with E-state index in [4.69, 9.17) is 14.2 Å². The highest BCUT2D eigenvalue weighted by Gasteiger charge is 2.44. The fourth-order valence-corrected chi connectivity index (χ4v) is 7.54. The summed E-state index contributed by atoms with van der Waals surface area (Å²) in [6, 6.07) is 10.5. The number of hydrogen-bond acceptors (Lipinski definition) is 6. The summed E-state index contributed by atoms with van der Waals surface area (Å²) in [6.07, 6.45) is 2.32. The van der Waals surface area contributed by atoms with Crippen LogP contribution in [0, 0.1) is 11.8 Å². The average molecular weight is 592 g/mol. The number of aromatic nitrogens is 1. The lowest BCUT2D eigenvalue weighted by Crippen LogP contribution is -2.38. The molecule has 1 saturated heterocycles. The minimum Gasteiger partial charge on any atom is -0.493 e. The van der Waals surface area contributed by atoms with Gasteiger partial charge in [-0.2, -0.15) is 0 Å². The molecule has 4 heterocycles. The molecule has 3 aromatic rings. The lowest BCUT2D eigenvalue weighted by atomic mass is 9.95. The van der Waals surface area contributed by atoms with Crippen LogP contribution in [0.4, 0.5) is 4.79 Å². The Morgan fingerprint density at radius 1 is 1.05 bits per heavy atom. The Kier molecular flexibility index (Phi) is 7.50. The Labute approximate surface area is 251 Å². The van der Waals surface area contributed by atoms with Crippen molar-refractivity contribution in [3.05, 3.63) is 47.0 Å². The zero-order chi connectivity index (χ0) is 29.8. The van der Waals surface area contributed by atoms with Crippen molar-refractivity contribution in [1.29, 1.82) is 0 Å². The number of nitrogens with zero attached hydrogens (tertiary/aromatic N) is 2. The number of benzene rings is 1. The maximum absolute atomic E-state index is 13.9. The summed E-state index contributed by atoms with van der Waals surface area (Å²) in [5, 5.41) is 5.43. The van der Waals surface area contributed by atoms with Crippen molar-refractivity contribution in [2.24, 2.45) is 11.8 Å². The van der Waals surface area contributed by atoms with Crippen LogP contribution in [-0.2, 0) is 17.7 Å². The van der Waals surface area contributed by atoms with Gasteiger partial charge in [0.1, 0.15) is 11.3 Å². The molecule has 2 aliphatic heterocycles. The van der Waals surface area contributed by atoms with Gasteiger partial charge in [-0.1, -0.05) is 6.07 Å². The molecule has 9 heteroatoms. The molecule has 2 aromatic heterocycles. The van der Waals surface area contributed by atoms with Crippen molar-refractivity contribution in [3.8, 4) is 33.2 Å². The fourth-order valence-electron chi connectivity index (χ4n) is 6.80. The fraction of sp³-hybridized carbons (Fsp3) is 0.515. The predicted octanol–water partition coefficient (Wildman–Crippen LogP) is 6.61. The van der Waals surface area contributed by atoms with Crippen molar-refractivity contribution >= 4 is 23.3 Å². The van der Waals surface area contributed by atoms with E-state index in [1.165, 1.54) is 5.56 Å². The molecule has 0 radical (unpaired) electrons. The zero-order valence-corrected chi connectivity index (χ0v) is 26.2. The monoisotopic (exact) mass is 591 g/mol. The van der Waals surface area contributed by atoms with Crippen LogP contribution >= 0.6 is 11.3 Å². The first-order chi connectivity index (χ1) is 20.0. The van der Waals surface area contributed by atoms with Crippen molar-refractivity contribution in [3.63, 3.8) is 0 Å². The molecule has 224 valence electrons. The third-order valence-electron chi connectivity index (χ3n) is 8.47. The Morgan fingerprint density at radius 3 is 2.40 bits per heavy atom. The minimum atomic E-state index is -0.501. The SMILES string of the molecule is COc1cc2c(cc1OC(C)C)-c1c(-c3cccs3)cc(C(=O)NC3CC4CN(C(=O)OC(C)(C)C)CC4C3)n1CC2. The van der Waals surface area contributed by atoms with Crippen LogP contribution in [0.1, 0.15) is 63.5 Å². The average Bonchev–Trinajstić information content (AvgIpc) is 3.69.